The molecule has 0 aliphatic carbocycles. The van der Waals surface area contributed by atoms with Crippen LogP contribution in [0.15, 0.2) is 12.3 Å². The average Bonchev–Trinajstić information content (AvgIpc) is 2.86. The number of carbonyl (C=O) groups is 1. The van der Waals surface area contributed by atoms with E-state index in [0.717, 1.165) is 0 Å². The molecule has 0 fully saturated rings. The van der Waals surface area contributed by atoms with Gasteiger partial charge in [-0.2, -0.15) is 18.3 Å². The Hall–Kier alpha value is -2.79. The van der Waals surface area contributed by atoms with Crippen LogP contribution in [0.2, 0.25) is 0 Å². The standard InChI is InChI=1S/C15H12F7N3O2/c1-14(2,3)27-13(26)24-8-5-23-25(12(8)15(20,21)22)11-9(18)6(16)4-7(17)10(11)19/h4-5H,1-3H3,(H,24,26). The number of amides is 1. The summed E-state index contributed by atoms with van der Waals surface area (Å²) in [6.45, 7) is 4.34. The molecule has 0 saturated carbocycles. The van der Waals surface area contributed by atoms with Gasteiger partial charge in [-0.05, 0) is 20.8 Å². The molecule has 0 spiro atoms. The summed E-state index contributed by atoms with van der Waals surface area (Å²) < 4.78 is 99.0. The van der Waals surface area contributed by atoms with Gasteiger partial charge in [0.2, 0.25) is 0 Å². The van der Waals surface area contributed by atoms with Gasteiger partial charge >= 0.3 is 12.3 Å². The minimum absolute atomic E-state index is 0.162. The maximum atomic E-state index is 13.9. The first-order valence-electron chi connectivity index (χ1n) is 7.21. The highest BCUT2D eigenvalue weighted by Crippen LogP contribution is 2.38. The first kappa shape index (κ1) is 20.5. The fourth-order valence-electron chi connectivity index (χ4n) is 2.04. The first-order chi connectivity index (χ1) is 12.2. The van der Waals surface area contributed by atoms with Gasteiger partial charge in [0.25, 0.3) is 0 Å². The molecule has 0 aliphatic rings. The minimum atomic E-state index is -5.30. The SMILES string of the molecule is CC(C)(C)OC(=O)Nc1cnn(-c2c(F)c(F)cc(F)c2F)c1C(F)(F)F. The van der Waals surface area contributed by atoms with E-state index in [1.54, 1.807) is 5.32 Å². The number of aromatic nitrogens is 2. The number of halogens is 7. The molecule has 0 unspecified atom stereocenters. The van der Waals surface area contributed by atoms with Gasteiger partial charge in [-0.15, -0.1) is 0 Å². The van der Waals surface area contributed by atoms with Gasteiger partial charge in [-0.1, -0.05) is 0 Å². The zero-order valence-electron chi connectivity index (χ0n) is 14.0. The number of alkyl halides is 3. The Morgan fingerprint density at radius 3 is 2.04 bits per heavy atom. The van der Waals surface area contributed by atoms with Crippen molar-refractivity contribution in [2.75, 3.05) is 5.32 Å². The number of anilines is 1. The minimum Gasteiger partial charge on any atom is -0.444 e. The van der Waals surface area contributed by atoms with Crippen molar-refractivity contribution in [1.29, 1.82) is 0 Å². The molecule has 12 heteroatoms. The van der Waals surface area contributed by atoms with E-state index >= 15 is 0 Å². The maximum absolute atomic E-state index is 13.9. The lowest BCUT2D eigenvalue weighted by Gasteiger charge is -2.20. The number of carbonyl (C=O) groups excluding carboxylic acids is 1. The fourth-order valence-corrected chi connectivity index (χ4v) is 2.04. The number of hydrogen-bond acceptors (Lipinski definition) is 3. The van der Waals surface area contributed by atoms with Crippen LogP contribution in [-0.2, 0) is 10.9 Å². The largest absolute Gasteiger partial charge is 0.444 e. The van der Waals surface area contributed by atoms with Crippen molar-refractivity contribution in [3.63, 3.8) is 0 Å². The Kier molecular flexibility index (Phi) is 5.12. The third-order valence-electron chi connectivity index (χ3n) is 2.97. The van der Waals surface area contributed by atoms with Gasteiger partial charge in [-0.3, -0.25) is 5.32 Å². The lowest BCUT2D eigenvalue weighted by atomic mass is 10.2. The lowest BCUT2D eigenvalue weighted by Crippen LogP contribution is -2.28. The number of benzene rings is 1. The van der Waals surface area contributed by atoms with E-state index in [4.69, 9.17) is 4.74 Å². The summed E-state index contributed by atoms with van der Waals surface area (Å²) >= 11 is 0. The van der Waals surface area contributed by atoms with E-state index in [-0.39, 0.29) is 10.7 Å². The molecule has 2 aromatic rings. The van der Waals surface area contributed by atoms with Crippen molar-refractivity contribution in [1.82, 2.24) is 9.78 Å². The van der Waals surface area contributed by atoms with Crippen LogP contribution in [0, 0.1) is 23.3 Å². The number of ether oxygens (including phenoxy) is 1. The normalized spacial score (nSPS) is 12.2. The van der Waals surface area contributed by atoms with Crippen LogP contribution in [-0.4, -0.2) is 21.5 Å². The second-order valence-corrected chi connectivity index (χ2v) is 6.26. The molecule has 0 radical (unpaired) electrons. The molecule has 148 valence electrons. The second-order valence-electron chi connectivity index (χ2n) is 6.26. The summed E-state index contributed by atoms with van der Waals surface area (Å²) in [5, 5.41) is 4.85. The van der Waals surface area contributed by atoms with Gasteiger partial charge < -0.3 is 4.74 Å². The molecule has 27 heavy (non-hydrogen) atoms. The third-order valence-corrected chi connectivity index (χ3v) is 2.97. The van der Waals surface area contributed by atoms with Crippen LogP contribution in [0.3, 0.4) is 0 Å². The van der Waals surface area contributed by atoms with Crippen molar-refractivity contribution in [2.24, 2.45) is 0 Å². The number of nitrogens with zero attached hydrogens (tertiary/aromatic N) is 2. The highest BCUT2D eigenvalue weighted by Gasteiger charge is 2.41. The lowest BCUT2D eigenvalue weighted by molar-refractivity contribution is -0.142. The van der Waals surface area contributed by atoms with E-state index in [0.29, 0.717) is 6.20 Å². The molecular weight excluding hydrogens is 387 g/mol. The molecule has 2 rings (SSSR count). The molecule has 1 heterocycles. The predicted molar refractivity (Wildman–Crippen MR) is 78.3 cm³/mol. The third kappa shape index (κ3) is 4.31. The van der Waals surface area contributed by atoms with Crippen molar-refractivity contribution in [3.8, 4) is 5.69 Å². The van der Waals surface area contributed by atoms with E-state index in [2.05, 4.69) is 5.10 Å². The van der Waals surface area contributed by atoms with Gasteiger partial charge in [-0.25, -0.2) is 27.0 Å². The predicted octanol–water partition coefficient (Wildman–Crippen LogP) is 4.79. The summed E-state index contributed by atoms with van der Waals surface area (Å²) in [7, 11) is 0. The quantitative estimate of drug-likeness (QED) is 0.583. The van der Waals surface area contributed by atoms with E-state index in [1.165, 1.54) is 20.8 Å². The molecule has 5 nitrogen and oxygen atoms in total. The zero-order chi connectivity index (χ0) is 20.7. The van der Waals surface area contributed by atoms with Crippen LogP contribution in [0.25, 0.3) is 5.69 Å². The maximum Gasteiger partial charge on any atom is 0.435 e. The molecule has 0 atom stereocenters. The number of rotatable bonds is 2. The highest BCUT2D eigenvalue weighted by molar-refractivity contribution is 5.85. The Balaban J connectivity index is 2.62. The molecule has 0 aliphatic heterocycles. The van der Waals surface area contributed by atoms with Crippen molar-refractivity contribution in [3.05, 3.63) is 41.2 Å². The zero-order valence-corrected chi connectivity index (χ0v) is 14.0. The Labute approximate surface area is 147 Å². The van der Waals surface area contributed by atoms with E-state index < -0.39 is 58.2 Å². The van der Waals surface area contributed by atoms with Crippen molar-refractivity contribution in [2.45, 2.75) is 32.5 Å². The van der Waals surface area contributed by atoms with Crippen molar-refractivity contribution < 1.29 is 40.3 Å². The van der Waals surface area contributed by atoms with Crippen LogP contribution in [0.5, 0.6) is 0 Å². The van der Waals surface area contributed by atoms with Crippen LogP contribution >= 0.6 is 0 Å². The second kappa shape index (κ2) is 6.74. The smallest absolute Gasteiger partial charge is 0.435 e. The monoisotopic (exact) mass is 399 g/mol. The fraction of sp³-hybridized carbons (Fsp3) is 0.333. The van der Waals surface area contributed by atoms with Gasteiger partial charge in [0.1, 0.15) is 11.3 Å². The summed E-state index contributed by atoms with van der Waals surface area (Å²) in [5.74, 6) is -8.03. The summed E-state index contributed by atoms with van der Waals surface area (Å²) in [4.78, 5) is 11.7. The molecule has 1 N–H and O–H groups in total. The van der Waals surface area contributed by atoms with Gasteiger partial charge in [0, 0.05) is 6.07 Å². The van der Waals surface area contributed by atoms with Crippen LogP contribution < -0.4 is 5.32 Å². The van der Waals surface area contributed by atoms with E-state index in [9.17, 15) is 35.5 Å². The molecule has 1 aromatic carbocycles. The molecule has 1 amide bonds. The summed E-state index contributed by atoms with van der Waals surface area (Å²) in [6, 6.07) is -0.162. The van der Waals surface area contributed by atoms with Crippen LogP contribution in [0.4, 0.5) is 41.2 Å². The number of nitrogens with one attached hydrogen (secondary N) is 1. The molecule has 0 saturated heterocycles. The van der Waals surface area contributed by atoms with Crippen LogP contribution in [0.1, 0.15) is 26.5 Å². The average molecular weight is 399 g/mol. The highest BCUT2D eigenvalue weighted by atomic mass is 19.4. The summed E-state index contributed by atoms with van der Waals surface area (Å²) in [5.41, 5.74) is -5.67. The topological polar surface area (TPSA) is 56.1 Å². The van der Waals surface area contributed by atoms with Gasteiger partial charge in [0.15, 0.2) is 29.0 Å². The first-order valence-corrected chi connectivity index (χ1v) is 7.21. The van der Waals surface area contributed by atoms with Gasteiger partial charge in [0.05, 0.1) is 11.9 Å². The summed E-state index contributed by atoms with van der Waals surface area (Å²) in [6.07, 6.45) is -6.20. The molecule has 1 aromatic heterocycles. The Bertz CT molecular complexity index is 859. The number of hydrogen-bond donors (Lipinski definition) is 1. The molecular formula is C15H12F7N3O2. The van der Waals surface area contributed by atoms with E-state index in [1.807, 2.05) is 0 Å². The molecule has 0 bridgehead atoms. The Morgan fingerprint density at radius 2 is 1.59 bits per heavy atom. The van der Waals surface area contributed by atoms with Crippen molar-refractivity contribution >= 4 is 11.8 Å². The Morgan fingerprint density at radius 1 is 1.07 bits per heavy atom.